The number of nitrogens with zero attached hydrogens (tertiary/aromatic N) is 1. The molecule has 1 heterocycles. The molecule has 2 aromatic carbocycles. The van der Waals surface area contributed by atoms with Crippen LogP contribution in [0.3, 0.4) is 0 Å². The molecule has 0 spiro atoms. The summed E-state index contributed by atoms with van der Waals surface area (Å²) in [6.07, 6.45) is -4.65. The van der Waals surface area contributed by atoms with Gasteiger partial charge >= 0.3 is 6.18 Å². The Hall–Kier alpha value is -2.80. The van der Waals surface area contributed by atoms with Crippen LogP contribution in [0.15, 0.2) is 49.0 Å². The minimum Gasteiger partial charge on any atom is -0.324 e. The minimum absolute atomic E-state index is 0.0710. The standard InChI is InChI=1S/C19H14ClF3N2O2/c1-10-13-5-3-4-6-14(13)18(27)25(10)11(2)17(26)24-12-7-8-16(20)15(9-12)19(21,22)23/h3-9,11H,1H2,2H3,(H,24,26). The van der Waals surface area contributed by atoms with Crippen LogP contribution < -0.4 is 5.32 Å². The summed E-state index contributed by atoms with van der Waals surface area (Å²) in [4.78, 5) is 26.3. The number of alkyl halides is 3. The zero-order valence-electron chi connectivity index (χ0n) is 14.1. The zero-order chi connectivity index (χ0) is 19.9. The largest absolute Gasteiger partial charge is 0.417 e. The number of halogens is 4. The summed E-state index contributed by atoms with van der Waals surface area (Å²) in [7, 11) is 0. The number of benzene rings is 2. The fourth-order valence-electron chi connectivity index (χ4n) is 2.90. The quantitative estimate of drug-likeness (QED) is 0.812. The highest BCUT2D eigenvalue weighted by Crippen LogP contribution is 2.37. The van der Waals surface area contributed by atoms with Gasteiger partial charge in [0.25, 0.3) is 5.91 Å². The SMILES string of the molecule is C=C1c2ccccc2C(=O)N1C(C)C(=O)Nc1ccc(Cl)c(C(F)(F)F)c1. The number of amides is 2. The maximum absolute atomic E-state index is 13.0. The second-order valence-electron chi connectivity index (χ2n) is 6.03. The van der Waals surface area contributed by atoms with Gasteiger partial charge in [-0.05, 0) is 31.2 Å². The molecule has 1 atom stereocenters. The first-order valence-corrected chi connectivity index (χ1v) is 8.28. The summed E-state index contributed by atoms with van der Waals surface area (Å²) in [6, 6.07) is 8.89. The van der Waals surface area contributed by atoms with E-state index in [2.05, 4.69) is 11.9 Å². The van der Waals surface area contributed by atoms with Crippen LogP contribution in [0.4, 0.5) is 18.9 Å². The van der Waals surface area contributed by atoms with Gasteiger partial charge in [-0.2, -0.15) is 13.2 Å². The fourth-order valence-corrected chi connectivity index (χ4v) is 3.12. The monoisotopic (exact) mass is 394 g/mol. The van der Waals surface area contributed by atoms with Crippen molar-refractivity contribution >= 4 is 34.8 Å². The molecule has 140 valence electrons. The van der Waals surface area contributed by atoms with E-state index in [1.165, 1.54) is 17.9 Å². The van der Waals surface area contributed by atoms with E-state index in [9.17, 15) is 22.8 Å². The van der Waals surface area contributed by atoms with Gasteiger partial charge in [-0.25, -0.2) is 0 Å². The lowest BCUT2D eigenvalue weighted by Gasteiger charge is -2.24. The second-order valence-corrected chi connectivity index (χ2v) is 6.43. The highest BCUT2D eigenvalue weighted by molar-refractivity contribution is 6.31. The van der Waals surface area contributed by atoms with Crippen molar-refractivity contribution < 1.29 is 22.8 Å². The highest BCUT2D eigenvalue weighted by Gasteiger charge is 2.37. The van der Waals surface area contributed by atoms with E-state index < -0.39 is 28.7 Å². The highest BCUT2D eigenvalue weighted by atomic mass is 35.5. The third-order valence-electron chi connectivity index (χ3n) is 4.28. The number of rotatable bonds is 3. The third kappa shape index (κ3) is 3.42. The molecule has 3 rings (SSSR count). The van der Waals surface area contributed by atoms with Gasteiger partial charge in [0.1, 0.15) is 6.04 Å². The Morgan fingerprint density at radius 1 is 1.19 bits per heavy atom. The Bertz CT molecular complexity index is 921. The van der Waals surface area contributed by atoms with Gasteiger partial charge in [0, 0.05) is 22.5 Å². The van der Waals surface area contributed by atoms with Gasteiger partial charge in [-0.3, -0.25) is 14.5 Å². The molecule has 1 unspecified atom stereocenters. The van der Waals surface area contributed by atoms with E-state index in [0.29, 0.717) is 16.8 Å². The predicted molar refractivity (Wildman–Crippen MR) is 96.2 cm³/mol. The Labute approximate surface area is 158 Å². The molecule has 0 saturated heterocycles. The summed E-state index contributed by atoms with van der Waals surface area (Å²) in [5.74, 6) is -1.03. The van der Waals surface area contributed by atoms with Crippen LogP contribution in [0, 0.1) is 0 Å². The lowest BCUT2D eigenvalue weighted by Crippen LogP contribution is -2.41. The van der Waals surface area contributed by atoms with E-state index in [1.807, 2.05) is 0 Å². The van der Waals surface area contributed by atoms with Gasteiger partial charge in [-0.15, -0.1) is 0 Å². The van der Waals surface area contributed by atoms with Gasteiger partial charge in [0.15, 0.2) is 0 Å². The number of hydrogen-bond acceptors (Lipinski definition) is 2. The molecular formula is C19H14ClF3N2O2. The maximum Gasteiger partial charge on any atom is 0.417 e. The van der Waals surface area contributed by atoms with E-state index in [4.69, 9.17) is 11.6 Å². The van der Waals surface area contributed by atoms with E-state index in [0.717, 1.165) is 12.1 Å². The molecule has 2 amide bonds. The molecule has 1 aliphatic rings. The van der Waals surface area contributed by atoms with E-state index in [-0.39, 0.29) is 11.6 Å². The minimum atomic E-state index is -4.65. The summed E-state index contributed by atoms with van der Waals surface area (Å²) in [5, 5.41) is 1.93. The van der Waals surface area contributed by atoms with Crippen LogP contribution in [0.2, 0.25) is 5.02 Å². The Morgan fingerprint density at radius 3 is 2.41 bits per heavy atom. The average molecular weight is 395 g/mol. The zero-order valence-corrected chi connectivity index (χ0v) is 14.9. The van der Waals surface area contributed by atoms with Crippen molar-refractivity contribution in [3.05, 3.63) is 70.8 Å². The molecule has 0 aliphatic carbocycles. The normalized spacial score (nSPS) is 14.9. The van der Waals surface area contributed by atoms with Crippen LogP contribution >= 0.6 is 11.6 Å². The second kappa shape index (κ2) is 6.74. The molecule has 4 nitrogen and oxygen atoms in total. The molecule has 0 fully saturated rings. The molecule has 1 N–H and O–H groups in total. The van der Waals surface area contributed by atoms with E-state index in [1.54, 1.807) is 24.3 Å². The number of carbonyl (C=O) groups is 2. The molecule has 1 aliphatic heterocycles. The average Bonchev–Trinajstić information content (AvgIpc) is 2.86. The van der Waals surface area contributed by atoms with E-state index >= 15 is 0 Å². The van der Waals surface area contributed by atoms with Gasteiger partial charge in [-0.1, -0.05) is 36.4 Å². The van der Waals surface area contributed by atoms with Crippen LogP contribution in [0.25, 0.3) is 5.70 Å². The third-order valence-corrected chi connectivity index (χ3v) is 4.61. The van der Waals surface area contributed by atoms with Crippen molar-refractivity contribution in [3.8, 4) is 0 Å². The van der Waals surface area contributed by atoms with Crippen LogP contribution in [0.1, 0.15) is 28.4 Å². The van der Waals surface area contributed by atoms with Gasteiger partial charge in [0.05, 0.1) is 10.6 Å². The molecule has 2 aromatic rings. The molecular weight excluding hydrogens is 381 g/mol. The van der Waals surface area contributed by atoms with Crippen molar-refractivity contribution in [2.45, 2.75) is 19.1 Å². The molecule has 8 heteroatoms. The van der Waals surface area contributed by atoms with Crippen molar-refractivity contribution in [3.63, 3.8) is 0 Å². The number of anilines is 1. The van der Waals surface area contributed by atoms with Crippen LogP contribution in [-0.2, 0) is 11.0 Å². The lowest BCUT2D eigenvalue weighted by atomic mass is 10.1. The first kappa shape index (κ1) is 19.0. The first-order chi connectivity index (χ1) is 12.6. The Balaban J connectivity index is 1.82. The molecule has 0 radical (unpaired) electrons. The fraction of sp³-hybridized carbons (Fsp3) is 0.158. The maximum atomic E-state index is 13.0. The summed E-state index contributed by atoms with van der Waals surface area (Å²) in [5.41, 5.74) is 0.286. The van der Waals surface area contributed by atoms with Crippen molar-refractivity contribution in [2.24, 2.45) is 0 Å². The smallest absolute Gasteiger partial charge is 0.324 e. The van der Waals surface area contributed by atoms with Crippen molar-refractivity contribution in [1.29, 1.82) is 0 Å². The predicted octanol–water partition coefficient (Wildman–Crippen LogP) is 4.81. The summed E-state index contributed by atoms with van der Waals surface area (Å²) < 4.78 is 38.9. The molecule has 0 saturated carbocycles. The summed E-state index contributed by atoms with van der Waals surface area (Å²) >= 11 is 5.58. The number of carbonyl (C=O) groups excluding carboxylic acids is 2. The van der Waals surface area contributed by atoms with Crippen LogP contribution in [-0.4, -0.2) is 22.8 Å². The molecule has 0 bridgehead atoms. The lowest BCUT2D eigenvalue weighted by molar-refractivity contribution is -0.137. The van der Waals surface area contributed by atoms with Crippen molar-refractivity contribution in [2.75, 3.05) is 5.32 Å². The van der Waals surface area contributed by atoms with Gasteiger partial charge in [0.2, 0.25) is 5.91 Å². The van der Waals surface area contributed by atoms with Crippen LogP contribution in [0.5, 0.6) is 0 Å². The topological polar surface area (TPSA) is 49.4 Å². The first-order valence-electron chi connectivity index (χ1n) is 7.90. The molecule has 27 heavy (non-hydrogen) atoms. The van der Waals surface area contributed by atoms with Gasteiger partial charge < -0.3 is 5.32 Å². The Morgan fingerprint density at radius 2 is 1.81 bits per heavy atom. The Kier molecular flexibility index (Phi) is 4.73. The number of hydrogen-bond donors (Lipinski definition) is 1. The summed E-state index contributed by atoms with van der Waals surface area (Å²) in [6.45, 7) is 5.33. The number of nitrogens with one attached hydrogen (secondary N) is 1. The number of fused-ring (bicyclic) bond motifs is 1. The van der Waals surface area contributed by atoms with Crippen molar-refractivity contribution in [1.82, 2.24) is 4.90 Å². The molecule has 0 aromatic heterocycles.